The zero-order valence-electron chi connectivity index (χ0n) is 13.3. The Hall–Kier alpha value is -2.34. The molecule has 2 amide bonds. The lowest BCUT2D eigenvalue weighted by Gasteiger charge is -2.09. The first-order chi connectivity index (χ1) is 11.5. The van der Waals surface area contributed by atoms with Crippen molar-refractivity contribution in [2.75, 3.05) is 6.61 Å². The molecule has 0 bridgehead atoms. The Balaban J connectivity index is 1.66. The smallest absolute Gasteiger partial charge is 0.276 e. The number of carbonyl (C=O) groups is 2. The molecule has 0 aliphatic carbocycles. The highest BCUT2D eigenvalue weighted by atomic mass is 79.9. The fourth-order valence-electron chi connectivity index (χ4n) is 1.97. The van der Waals surface area contributed by atoms with Crippen molar-refractivity contribution in [3.8, 4) is 5.75 Å². The Bertz CT molecular complexity index is 702. The Kier molecular flexibility index (Phi) is 6.81. The number of rotatable bonds is 6. The Morgan fingerprint density at radius 3 is 2.38 bits per heavy atom. The van der Waals surface area contributed by atoms with Crippen LogP contribution in [0.2, 0.25) is 0 Å². The molecule has 0 saturated heterocycles. The van der Waals surface area contributed by atoms with Crippen molar-refractivity contribution < 1.29 is 14.3 Å². The summed E-state index contributed by atoms with van der Waals surface area (Å²) >= 11 is 3.44. The van der Waals surface area contributed by atoms with Gasteiger partial charge in [0.2, 0.25) is 5.91 Å². The first kappa shape index (κ1) is 18.0. The molecule has 0 atom stereocenters. The quantitative estimate of drug-likeness (QED) is 0.745. The van der Waals surface area contributed by atoms with Crippen LogP contribution in [0.1, 0.15) is 17.5 Å². The van der Waals surface area contributed by atoms with Crippen LogP contribution in [-0.4, -0.2) is 18.4 Å². The third-order valence-corrected chi connectivity index (χ3v) is 4.09. The second-order valence-corrected chi connectivity index (χ2v) is 6.14. The second-order valence-electron chi connectivity index (χ2n) is 5.29. The number of hydrogen-bond donors (Lipinski definition) is 2. The van der Waals surface area contributed by atoms with Gasteiger partial charge in [0.25, 0.3) is 5.91 Å². The highest BCUT2D eigenvalue weighted by molar-refractivity contribution is 9.10. The minimum atomic E-state index is -0.412. The third kappa shape index (κ3) is 6.04. The van der Waals surface area contributed by atoms with E-state index in [2.05, 4.69) is 26.8 Å². The van der Waals surface area contributed by atoms with Crippen LogP contribution < -0.4 is 15.6 Å². The molecule has 0 aromatic heterocycles. The molecular weight excluding hydrogens is 372 g/mol. The van der Waals surface area contributed by atoms with Crippen molar-refractivity contribution in [3.63, 3.8) is 0 Å². The Morgan fingerprint density at radius 1 is 1.00 bits per heavy atom. The number of halogens is 1. The Labute approximate surface area is 149 Å². The number of aryl methyl sites for hydroxylation is 2. The van der Waals surface area contributed by atoms with E-state index in [-0.39, 0.29) is 18.9 Å². The van der Waals surface area contributed by atoms with Crippen LogP contribution in [-0.2, 0) is 16.0 Å². The minimum Gasteiger partial charge on any atom is -0.484 e. The molecule has 0 aliphatic rings. The lowest BCUT2D eigenvalue weighted by atomic mass is 10.1. The average Bonchev–Trinajstić information content (AvgIpc) is 2.58. The fourth-order valence-corrected chi connectivity index (χ4v) is 2.45. The zero-order valence-corrected chi connectivity index (χ0v) is 14.9. The fraction of sp³-hybridized carbons (Fsp3) is 0.222. The van der Waals surface area contributed by atoms with E-state index in [1.807, 2.05) is 43.3 Å². The van der Waals surface area contributed by atoms with Gasteiger partial charge < -0.3 is 4.74 Å². The van der Waals surface area contributed by atoms with Crippen LogP contribution in [0.15, 0.2) is 53.0 Å². The summed E-state index contributed by atoms with van der Waals surface area (Å²) in [6, 6.07) is 15.1. The predicted molar refractivity (Wildman–Crippen MR) is 95.4 cm³/mol. The van der Waals surface area contributed by atoms with Gasteiger partial charge in [0.15, 0.2) is 6.61 Å². The maximum absolute atomic E-state index is 11.8. The van der Waals surface area contributed by atoms with Crippen molar-refractivity contribution in [1.82, 2.24) is 10.9 Å². The lowest BCUT2D eigenvalue weighted by molar-refractivity contribution is -0.130. The van der Waals surface area contributed by atoms with Gasteiger partial charge in [-0.05, 0) is 37.1 Å². The van der Waals surface area contributed by atoms with E-state index in [9.17, 15) is 9.59 Å². The normalized spacial score (nSPS) is 10.1. The molecule has 24 heavy (non-hydrogen) atoms. The molecule has 126 valence electrons. The summed E-state index contributed by atoms with van der Waals surface area (Å²) in [6.07, 6.45) is 0.866. The van der Waals surface area contributed by atoms with Crippen molar-refractivity contribution in [3.05, 3.63) is 64.1 Å². The molecular formula is C18H19BrN2O3. The van der Waals surface area contributed by atoms with Crippen molar-refractivity contribution >= 4 is 27.7 Å². The number of hydrogen-bond acceptors (Lipinski definition) is 3. The highest BCUT2D eigenvalue weighted by Crippen LogP contribution is 2.17. The predicted octanol–water partition coefficient (Wildman–Crippen LogP) is 2.92. The van der Waals surface area contributed by atoms with Crippen molar-refractivity contribution in [1.29, 1.82) is 0 Å². The zero-order chi connectivity index (χ0) is 17.4. The van der Waals surface area contributed by atoms with Gasteiger partial charge in [0, 0.05) is 10.9 Å². The lowest BCUT2D eigenvalue weighted by Crippen LogP contribution is -2.43. The van der Waals surface area contributed by atoms with Gasteiger partial charge in [-0.1, -0.05) is 51.8 Å². The van der Waals surface area contributed by atoms with E-state index in [0.29, 0.717) is 12.2 Å². The summed E-state index contributed by atoms with van der Waals surface area (Å²) < 4.78 is 6.30. The summed E-state index contributed by atoms with van der Waals surface area (Å²) in [7, 11) is 0. The number of carbonyl (C=O) groups excluding carboxylic acids is 2. The highest BCUT2D eigenvalue weighted by Gasteiger charge is 2.07. The van der Waals surface area contributed by atoms with Crippen LogP contribution in [0.3, 0.4) is 0 Å². The molecule has 2 rings (SSSR count). The largest absolute Gasteiger partial charge is 0.484 e. The van der Waals surface area contributed by atoms with Gasteiger partial charge in [-0.15, -0.1) is 0 Å². The topological polar surface area (TPSA) is 67.4 Å². The van der Waals surface area contributed by atoms with Crippen LogP contribution in [0, 0.1) is 6.92 Å². The van der Waals surface area contributed by atoms with Crippen molar-refractivity contribution in [2.24, 2.45) is 0 Å². The molecule has 0 fully saturated rings. The molecule has 6 heteroatoms. The van der Waals surface area contributed by atoms with Gasteiger partial charge >= 0.3 is 0 Å². The first-order valence-electron chi connectivity index (χ1n) is 7.55. The number of benzene rings is 2. The second kappa shape index (κ2) is 9.08. The first-order valence-corrected chi connectivity index (χ1v) is 8.34. The molecule has 2 N–H and O–H groups in total. The van der Waals surface area contributed by atoms with E-state index < -0.39 is 5.91 Å². The monoisotopic (exact) mass is 390 g/mol. The maximum atomic E-state index is 11.8. The van der Waals surface area contributed by atoms with Crippen LogP contribution in [0.5, 0.6) is 5.75 Å². The average molecular weight is 391 g/mol. The molecule has 0 spiro atoms. The summed E-state index contributed by atoms with van der Waals surface area (Å²) in [5.41, 5.74) is 6.88. The van der Waals surface area contributed by atoms with Crippen LogP contribution >= 0.6 is 15.9 Å². The molecule has 0 aliphatic heterocycles. The van der Waals surface area contributed by atoms with E-state index in [1.54, 1.807) is 12.1 Å². The molecule has 0 radical (unpaired) electrons. The van der Waals surface area contributed by atoms with Crippen molar-refractivity contribution in [2.45, 2.75) is 19.8 Å². The number of ether oxygens (including phenoxy) is 1. The Morgan fingerprint density at radius 2 is 1.67 bits per heavy atom. The number of amides is 2. The van der Waals surface area contributed by atoms with E-state index >= 15 is 0 Å². The van der Waals surface area contributed by atoms with E-state index in [0.717, 1.165) is 15.6 Å². The molecule has 5 nitrogen and oxygen atoms in total. The molecule has 2 aromatic carbocycles. The van der Waals surface area contributed by atoms with Crippen LogP contribution in [0.4, 0.5) is 0 Å². The molecule has 2 aromatic rings. The molecule has 0 unspecified atom stereocenters. The van der Waals surface area contributed by atoms with E-state index in [4.69, 9.17) is 4.74 Å². The SMILES string of the molecule is Cc1ccc(OCC(=O)NNC(=O)CCc2ccccc2Br)cc1. The van der Waals surface area contributed by atoms with Gasteiger partial charge in [0.1, 0.15) is 5.75 Å². The number of nitrogens with one attached hydrogen (secondary N) is 2. The standard InChI is InChI=1S/C18H19BrN2O3/c1-13-6-9-15(10-7-13)24-12-18(23)21-20-17(22)11-8-14-4-2-3-5-16(14)19/h2-7,9-10H,8,11-12H2,1H3,(H,20,22)(H,21,23). The third-order valence-electron chi connectivity index (χ3n) is 3.31. The summed E-state index contributed by atoms with van der Waals surface area (Å²) in [6.45, 7) is 1.81. The molecule has 0 saturated carbocycles. The van der Waals surface area contributed by atoms with Gasteiger partial charge in [-0.2, -0.15) is 0 Å². The maximum Gasteiger partial charge on any atom is 0.276 e. The van der Waals surface area contributed by atoms with Gasteiger partial charge in [-0.3, -0.25) is 20.4 Å². The number of hydrazine groups is 1. The van der Waals surface area contributed by atoms with Crippen LogP contribution in [0.25, 0.3) is 0 Å². The minimum absolute atomic E-state index is 0.159. The summed E-state index contributed by atoms with van der Waals surface area (Å²) in [5.74, 6) is -0.0599. The summed E-state index contributed by atoms with van der Waals surface area (Å²) in [5, 5.41) is 0. The van der Waals surface area contributed by atoms with Gasteiger partial charge in [-0.25, -0.2) is 0 Å². The molecule has 0 heterocycles. The van der Waals surface area contributed by atoms with Gasteiger partial charge in [0.05, 0.1) is 0 Å². The summed E-state index contributed by atoms with van der Waals surface area (Å²) in [4.78, 5) is 23.4. The van der Waals surface area contributed by atoms with E-state index in [1.165, 1.54) is 0 Å².